The van der Waals surface area contributed by atoms with Gasteiger partial charge in [0.15, 0.2) is 6.10 Å². The number of amides is 1. The maximum atomic E-state index is 11.5. The minimum atomic E-state index is -1.58. The number of rotatable bonds is 4. The van der Waals surface area contributed by atoms with E-state index >= 15 is 0 Å². The van der Waals surface area contributed by atoms with Crippen molar-refractivity contribution in [3.05, 3.63) is 34.3 Å². The van der Waals surface area contributed by atoms with Crippen molar-refractivity contribution in [2.24, 2.45) is 0 Å². The number of hydrogen-bond acceptors (Lipinski definition) is 3. The summed E-state index contributed by atoms with van der Waals surface area (Å²) in [5.41, 5.74) is 0.404. The molecule has 0 bridgehead atoms. The van der Waals surface area contributed by atoms with Crippen molar-refractivity contribution in [3.63, 3.8) is 0 Å². The molecule has 1 amide bonds. The molecule has 6 heteroatoms. The van der Waals surface area contributed by atoms with Gasteiger partial charge in [0, 0.05) is 10.0 Å². The minimum absolute atomic E-state index is 0.315. The maximum absolute atomic E-state index is 11.5. The molecule has 0 radical (unpaired) electrons. The molecule has 0 spiro atoms. The van der Waals surface area contributed by atoms with Gasteiger partial charge in [0.05, 0.1) is 6.54 Å². The zero-order valence-electron chi connectivity index (χ0n) is 8.18. The van der Waals surface area contributed by atoms with Crippen LogP contribution in [0.3, 0.4) is 0 Å². The Morgan fingerprint density at radius 3 is 2.38 bits per heavy atom. The van der Waals surface area contributed by atoms with Crippen LogP contribution in [0, 0.1) is 0 Å². The van der Waals surface area contributed by atoms with Crippen LogP contribution in [0.4, 0.5) is 0 Å². The van der Waals surface area contributed by atoms with E-state index in [1.54, 1.807) is 24.3 Å². The lowest BCUT2D eigenvalue weighted by atomic mass is 10.2. The fourth-order valence-electron chi connectivity index (χ4n) is 0.980. The quantitative estimate of drug-likeness (QED) is 0.758. The summed E-state index contributed by atoms with van der Waals surface area (Å²) in [5.74, 6) is -1.79. The molecule has 1 aromatic rings. The summed E-state index contributed by atoms with van der Waals surface area (Å²) in [6.45, 7) is -0.315. The normalized spacial score (nSPS) is 11.9. The van der Waals surface area contributed by atoms with Crippen molar-refractivity contribution >= 4 is 27.8 Å². The van der Waals surface area contributed by atoms with Crippen molar-refractivity contribution in [1.82, 2.24) is 5.32 Å². The van der Waals surface area contributed by atoms with Crippen molar-refractivity contribution in [2.75, 3.05) is 6.54 Å². The second-order valence-electron chi connectivity index (χ2n) is 3.07. The monoisotopic (exact) mass is 287 g/mol. The van der Waals surface area contributed by atoms with Gasteiger partial charge in [-0.3, -0.25) is 4.79 Å². The fraction of sp³-hybridized carbons (Fsp3) is 0.200. The third-order valence-electron chi connectivity index (χ3n) is 1.85. The molecule has 86 valence electrons. The minimum Gasteiger partial charge on any atom is -0.479 e. The Morgan fingerprint density at radius 1 is 1.31 bits per heavy atom. The Hall–Kier alpha value is -1.40. The van der Waals surface area contributed by atoms with E-state index in [2.05, 4.69) is 21.2 Å². The third-order valence-corrected chi connectivity index (χ3v) is 2.38. The molecule has 0 aliphatic heterocycles. The van der Waals surface area contributed by atoms with E-state index in [0.29, 0.717) is 5.56 Å². The predicted octanol–water partition coefficient (Wildman–Crippen LogP) is 0.624. The lowest BCUT2D eigenvalue weighted by Crippen LogP contribution is -2.36. The summed E-state index contributed by atoms with van der Waals surface area (Å²) in [6.07, 6.45) is -1.58. The molecule has 0 saturated heterocycles. The highest BCUT2D eigenvalue weighted by Gasteiger charge is 2.14. The Balaban J connectivity index is 2.53. The number of aliphatic hydroxyl groups excluding tert-OH is 1. The highest BCUT2D eigenvalue weighted by atomic mass is 79.9. The van der Waals surface area contributed by atoms with Crippen molar-refractivity contribution in [1.29, 1.82) is 0 Å². The van der Waals surface area contributed by atoms with Crippen LogP contribution in [0.2, 0.25) is 0 Å². The molecule has 0 fully saturated rings. The van der Waals surface area contributed by atoms with Gasteiger partial charge in [0.2, 0.25) is 0 Å². The maximum Gasteiger partial charge on any atom is 0.334 e. The molecule has 5 nitrogen and oxygen atoms in total. The predicted molar refractivity (Wildman–Crippen MR) is 60.1 cm³/mol. The van der Waals surface area contributed by atoms with Crippen LogP contribution in [0.1, 0.15) is 10.4 Å². The average molecular weight is 288 g/mol. The molecule has 16 heavy (non-hydrogen) atoms. The molecule has 0 aromatic heterocycles. The number of aliphatic carboxylic acids is 1. The second-order valence-corrected chi connectivity index (χ2v) is 3.99. The lowest BCUT2D eigenvalue weighted by molar-refractivity contribution is -0.146. The first-order valence-corrected chi connectivity index (χ1v) is 5.24. The van der Waals surface area contributed by atoms with Gasteiger partial charge < -0.3 is 15.5 Å². The lowest BCUT2D eigenvalue weighted by Gasteiger charge is -2.07. The Labute approximate surface area is 100 Å². The summed E-state index contributed by atoms with van der Waals surface area (Å²) in [6, 6.07) is 6.57. The number of hydrogen-bond donors (Lipinski definition) is 3. The van der Waals surface area contributed by atoms with Crippen LogP contribution >= 0.6 is 15.9 Å². The second kappa shape index (κ2) is 5.62. The van der Waals surface area contributed by atoms with Crippen molar-refractivity contribution in [2.45, 2.75) is 6.10 Å². The number of carboxylic acids is 1. The molecule has 0 unspecified atom stereocenters. The first-order chi connectivity index (χ1) is 7.50. The third kappa shape index (κ3) is 3.63. The van der Waals surface area contributed by atoms with Crippen molar-refractivity contribution in [3.8, 4) is 0 Å². The smallest absolute Gasteiger partial charge is 0.334 e. The SMILES string of the molecule is O=C(NC[C@H](O)C(=O)O)c1ccc(Br)cc1. The number of nitrogens with one attached hydrogen (secondary N) is 1. The molecule has 1 atom stereocenters. The van der Waals surface area contributed by atoms with Crippen molar-refractivity contribution < 1.29 is 19.8 Å². The number of aliphatic hydroxyl groups is 1. The standard InChI is InChI=1S/C10H10BrNO4/c11-7-3-1-6(2-4-7)9(14)12-5-8(13)10(15)16/h1-4,8,13H,5H2,(H,12,14)(H,15,16)/t8-/m0/s1. The van der Waals surface area contributed by atoms with Gasteiger partial charge in [-0.2, -0.15) is 0 Å². The molecule has 0 aliphatic rings. The number of halogens is 1. The molecule has 1 aromatic carbocycles. The molecule has 0 aliphatic carbocycles. The van der Waals surface area contributed by atoms with Gasteiger partial charge in [-0.05, 0) is 24.3 Å². The first-order valence-electron chi connectivity index (χ1n) is 4.45. The van der Waals surface area contributed by atoms with Gasteiger partial charge >= 0.3 is 5.97 Å². The zero-order valence-corrected chi connectivity index (χ0v) is 9.77. The number of benzene rings is 1. The molecular formula is C10H10BrNO4. The number of carbonyl (C=O) groups excluding carboxylic acids is 1. The number of carboxylic acid groups (broad SMARTS) is 1. The van der Waals surface area contributed by atoms with Gasteiger partial charge in [-0.15, -0.1) is 0 Å². The molecule has 0 saturated carbocycles. The molecular weight excluding hydrogens is 278 g/mol. The van der Waals surface area contributed by atoms with E-state index in [9.17, 15) is 9.59 Å². The summed E-state index contributed by atoms with van der Waals surface area (Å²) < 4.78 is 0.842. The van der Waals surface area contributed by atoms with E-state index in [1.807, 2.05) is 0 Å². The Kier molecular flexibility index (Phi) is 4.45. The summed E-state index contributed by atoms with van der Waals surface area (Å²) >= 11 is 3.23. The first kappa shape index (κ1) is 12.7. The van der Waals surface area contributed by atoms with E-state index in [0.717, 1.165) is 4.47 Å². The van der Waals surface area contributed by atoms with Crippen LogP contribution in [-0.4, -0.2) is 34.7 Å². The summed E-state index contributed by atoms with van der Waals surface area (Å²) in [4.78, 5) is 21.7. The zero-order chi connectivity index (χ0) is 12.1. The fourth-order valence-corrected chi connectivity index (χ4v) is 1.24. The summed E-state index contributed by atoms with van der Waals surface area (Å²) in [5, 5.41) is 19.7. The van der Waals surface area contributed by atoms with Crippen LogP contribution in [0.5, 0.6) is 0 Å². The van der Waals surface area contributed by atoms with E-state index in [1.165, 1.54) is 0 Å². The molecule has 0 heterocycles. The highest BCUT2D eigenvalue weighted by Crippen LogP contribution is 2.10. The average Bonchev–Trinajstić information content (AvgIpc) is 2.26. The van der Waals surface area contributed by atoms with Crippen LogP contribution in [0.15, 0.2) is 28.7 Å². The highest BCUT2D eigenvalue weighted by molar-refractivity contribution is 9.10. The van der Waals surface area contributed by atoms with Crippen LogP contribution in [-0.2, 0) is 4.79 Å². The topological polar surface area (TPSA) is 86.6 Å². The molecule has 1 rings (SSSR count). The number of carbonyl (C=O) groups is 2. The van der Waals surface area contributed by atoms with Crippen LogP contribution < -0.4 is 5.32 Å². The molecule has 3 N–H and O–H groups in total. The van der Waals surface area contributed by atoms with E-state index in [4.69, 9.17) is 10.2 Å². The Morgan fingerprint density at radius 2 is 1.88 bits per heavy atom. The van der Waals surface area contributed by atoms with Crippen LogP contribution in [0.25, 0.3) is 0 Å². The largest absolute Gasteiger partial charge is 0.479 e. The summed E-state index contributed by atoms with van der Waals surface area (Å²) in [7, 11) is 0. The van der Waals surface area contributed by atoms with Gasteiger partial charge in [-0.25, -0.2) is 4.79 Å². The van der Waals surface area contributed by atoms with Gasteiger partial charge in [-0.1, -0.05) is 15.9 Å². The Bertz CT molecular complexity index is 390. The van der Waals surface area contributed by atoms with Gasteiger partial charge in [0.1, 0.15) is 0 Å². The van der Waals surface area contributed by atoms with Gasteiger partial charge in [0.25, 0.3) is 5.91 Å². The van der Waals surface area contributed by atoms with E-state index < -0.39 is 18.0 Å². The van der Waals surface area contributed by atoms with E-state index in [-0.39, 0.29) is 6.54 Å².